The van der Waals surface area contributed by atoms with Crippen molar-refractivity contribution in [3.8, 4) is 0 Å². The molecule has 1 rings (SSSR count). The van der Waals surface area contributed by atoms with Crippen molar-refractivity contribution in [3.05, 3.63) is 0 Å². The van der Waals surface area contributed by atoms with Crippen molar-refractivity contribution in [2.75, 3.05) is 12.3 Å². The van der Waals surface area contributed by atoms with E-state index in [2.05, 4.69) is 4.72 Å². The molecule has 16 heavy (non-hydrogen) atoms. The number of halogens is 3. The second-order valence-electron chi connectivity index (χ2n) is 4.12. The second kappa shape index (κ2) is 4.50. The smallest absolute Gasteiger partial charge is 0.329 e. The Balaban J connectivity index is 2.35. The highest BCUT2D eigenvalue weighted by molar-refractivity contribution is 7.89. The molecule has 96 valence electrons. The van der Waals surface area contributed by atoms with Crippen molar-refractivity contribution in [3.63, 3.8) is 0 Å². The summed E-state index contributed by atoms with van der Waals surface area (Å²) < 4.78 is 60.6. The summed E-state index contributed by atoms with van der Waals surface area (Å²) in [5.74, 6) is -0.506. The molecule has 0 aromatic rings. The third-order valence-corrected chi connectivity index (χ3v) is 4.06. The highest BCUT2D eigenvalue weighted by Gasteiger charge is 2.44. The fourth-order valence-corrected chi connectivity index (χ4v) is 2.92. The van der Waals surface area contributed by atoms with Gasteiger partial charge in [0.1, 0.15) is 0 Å². The zero-order valence-electron chi connectivity index (χ0n) is 8.68. The topological polar surface area (TPSA) is 72.2 Å². The average Bonchev–Trinajstić information content (AvgIpc) is 2.81. The van der Waals surface area contributed by atoms with E-state index < -0.39 is 40.3 Å². The van der Waals surface area contributed by atoms with E-state index in [4.69, 9.17) is 5.73 Å². The highest BCUT2D eigenvalue weighted by Crippen LogP contribution is 2.34. The summed E-state index contributed by atoms with van der Waals surface area (Å²) in [7, 11) is -3.64. The maximum absolute atomic E-state index is 11.8. The normalized spacial score (nSPS) is 19.8. The van der Waals surface area contributed by atoms with Crippen LogP contribution in [0.15, 0.2) is 0 Å². The predicted octanol–water partition coefficient (Wildman–Crippen LogP) is 0.740. The number of rotatable bonds is 6. The second-order valence-corrected chi connectivity index (χ2v) is 5.97. The molecule has 8 heteroatoms. The lowest BCUT2D eigenvalue weighted by molar-refractivity contribution is -0.134. The first-order valence-electron chi connectivity index (χ1n) is 4.97. The lowest BCUT2D eigenvalue weighted by Gasteiger charge is -2.15. The Morgan fingerprint density at radius 2 is 1.88 bits per heavy atom. The van der Waals surface area contributed by atoms with Crippen molar-refractivity contribution in [2.24, 2.45) is 5.73 Å². The summed E-state index contributed by atoms with van der Waals surface area (Å²) in [4.78, 5) is 0. The molecule has 0 aromatic carbocycles. The van der Waals surface area contributed by atoms with E-state index in [1.54, 1.807) is 0 Å². The third kappa shape index (κ3) is 4.67. The van der Waals surface area contributed by atoms with E-state index in [-0.39, 0.29) is 6.54 Å². The van der Waals surface area contributed by atoms with Gasteiger partial charge in [-0.25, -0.2) is 13.1 Å². The highest BCUT2D eigenvalue weighted by atomic mass is 32.2. The molecule has 3 N–H and O–H groups in total. The summed E-state index contributed by atoms with van der Waals surface area (Å²) in [6, 6.07) is 0. The molecule has 1 aliphatic rings. The van der Waals surface area contributed by atoms with Gasteiger partial charge in [-0.2, -0.15) is 13.2 Å². The summed E-state index contributed by atoms with van der Waals surface area (Å²) >= 11 is 0. The van der Waals surface area contributed by atoms with E-state index in [0.717, 1.165) is 0 Å². The molecule has 0 amide bonds. The van der Waals surface area contributed by atoms with Crippen molar-refractivity contribution < 1.29 is 21.6 Å². The minimum absolute atomic E-state index is 0.186. The fourth-order valence-electron chi connectivity index (χ4n) is 1.34. The molecule has 1 saturated carbocycles. The number of nitrogens with two attached hydrogens (primary N) is 1. The quantitative estimate of drug-likeness (QED) is 0.740. The van der Waals surface area contributed by atoms with Gasteiger partial charge in [-0.3, -0.25) is 0 Å². The molecule has 0 bridgehead atoms. The maximum Gasteiger partial charge on any atom is 0.389 e. The van der Waals surface area contributed by atoms with Gasteiger partial charge in [-0.1, -0.05) is 0 Å². The van der Waals surface area contributed by atoms with Crippen LogP contribution in [0.3, 0.4) is 0 Å². The van der Waals surface area contributed by atoms with Gasteiger partial charge in [0.2, 0.25) is 10.0 Å². The number of hydrogen-bond acceptors (Lipinski definition) is 3. The SMILES string of the molecule is NCC1(NS(=O)(=O)CCCC(F)(F)F)CC1. The number of nitrogens with one attached hydrogen (secondary N) is 1. The molecule has 0 heterocycles. The Morgan fingerprint density at radius 1 is 1.31 bits per heavy atom. The molecule has 0 spiro atoms. The van der Waals surface area contributed by atoms with Gasteiger partial charge >= 0.3 is 6.18 Å². The van der Waals surface area contributed by atoms with E-state index >= 15 is 0 Å². The van der Waals surface area contributed by atoms with Crippen molar-refractivity contribution >= 4 is 10.0 Å². The minimum Gasteiger partial charge on any atom is -0.329 e. The Hall–Kier alpha value is -0.340. The van der Waals surface area contributed by atoms with Crippen LogP contribution >= 0.6 is 0 Å². The standard InChI is InChI=1S/C8H15F3N2O2S/c9-8(10,11)2-1-5-16(14,15)13-7(6-12)3-4-7/h13H,1-6,12H2. The number of sulfonamides is 1. The van der Waals surface area contributed by atoms with Gasteiger partial charge in [0.15, 0.2) is 0 Å². The van der Waals surface area contributed by atoms with Crippen LogP contribution in [0, 0.1) is 0 Å². The van der Waals surface area contributed by atoms with Crippen LogP contribution in [0.5, 0.6) is 0 Å². The number of hydrogen-bond donors (Lipinski definition) is 2. The molecular formula is C8H15F3N2O2S. The molecular weight excluding hydrogens is 245 g/mol. The summed E-state index contributed by atoms with van der Waals surface area (Å²) in [6.07, 6.45) is -4.49. The van der Waals surface area contributed by atoms with Crippen molar-refractivity contribution in [1.29, 1.82) is 0 Å². The molecule has 1 fully saturated rings. The third-order valence-electron chi connectivity index (χ3n) is 2.49. The molecule has 0 radical (unpaired) electrons. The molecule has 0 aromatic heterocycles. The largest absolute Gasteiger partial charge is 0.389 e. The zero-order chi connectivity index (χ0) is 12.4. The van der Waals surface area contributed by atoms with Gasteiger partial charge in [0, 0.05) is 18.5 Å². The van der Waals surface area contributed by atoms with Crippen LogP contribution < -0.4 is 10.5 Å². The fraction of sp³-hybridized carbons (Fsp3) is 1.00. The van der Waals surface area contributed by atoms with Gasteiger partial charge in [-0.05, 0) is 19.3 Å². The summed E-state index contributed by atoms with van der Waals surface area (Å²) in [6.45, 7) is 0.186. The molecule has 0 saturated heterocycles. The maximum atomic E-state index is 11.8. The first kappa shape index (κ1) is 13.7. The van der Waals surface area contributed by atoms with Gasteiger partial charge in [0.05, 0.1) is 5.75 Å². The molecule has 0 atom stereocenters. The molecule has 0 aliphatic heterocycles. The van der Waals surface area contributed by atoms with Crippen LogP contribution in [0.25, 0.3) is 0 Å². The first-order chi connectivity index (χ1) is 7.18. The Morgan fingerprint density at radius 3 is 2.25 bits per heavy atom. The summed E-state index contributed by atoms with van der Waals surface area (Å²) in [5.41, 5.74) is 4.78. The van der Waals surface area contributed by atoms with Crippen molar-refractivity contribution in [2.45, 2.75) is 37.4 Å². The van der Waals surface area contributed by atoms with Gasteiger partial charge in [0.25, 0.3) is 0 Å². The first-order valence-corrected chi connectivity index (χ1v) is 6.62. The Labute approximate surface area is 92.4 Å². The molecule has 1 aliphatic carbocycles. The van der Waals surface area contributed by atoms with E-state index in [9.17, 15) is 21.6 Å². The van der Waals surface area contributed by atoms with Gasteiger partial charge < -0.3 is 5.73 Å². The Bertz CT molecular complexity index is 336. The monoisotopic (exact) mass is 260 g/mol. The van der Waals surface area contributed by atoms with Crippen LogP contribution in [0.1, 0.15) is 25.7 Å². The van der Waals surface area contributed by atoms with Crippen molar-refractivity contribution in [1.82, 2.24) is 4.72 Å². The van der Waals surface area contributed by atoms with E-state index in [1.807, 2.05) is 0 Å². The zero-order valence-corrected chi connectivity index (χ0v) is 9.50. The lowest BCUT2D eigenvalue weighted by Crippen LogP contribution is -2.43. The lowest BCUT2D eigenvalue weighted by atomic mass is 10.3. The predicted molar refractivity (Wildman–Crippen MR) is 53.2 cm³/mol. The minimum atomic E-state index is -4.30. The van der Waals surface area contributed by atoms with Crippen LogP contribution in [-0.4, -0.2) is 32.4 Å². The van der Waals surface area contributed by atoms with Crippen LogP contribution in [-0.2, 0) is 10.0 Å². The number of alkyl halides is 3. The summed E-state index contributed by atoms with van der Waals surface area (Å²) in [5, 5.41) is 0. The van der Waals surface area contributed by atoms with Gasteiger partial charge in [-0.15, -0.1) is 0 Å². The molecule has 4 nitrogen and oxygen atoms in total. The molecule has 0 unspecified atom stereocenters. The van der Waals surface area contributed by atoms with Crippen LogP contribution in [0.4, 0.5) is 13.2 Å². The van der Waals surface area contributed by atoms with E-state index in [1.165, 1.54) is 0 Å². The average molecular weight is 260 g/mol. The Kier molecular flexibility index (Phi) is 3.86. The van der Waals surface area contributed by atoms with Crippen LogP contribution in [0.2, 0.25) is 0 Å². The van der Waals surface area contributed by atoms with E-state index in [0.29, 0.717) is 12.8 Å².